The first-order valence-corrected chi connectivity index (χ1v) is 6.91. The van der Waals surface area contributed by atoms with E-state index in [1.807, 2.05) is 0 Å². The van der Waals surface area contributed by atoms with Crippen LogP contribution in [0, 0.1) is 5.82 Å². The van der Waals surface area contributed by atoms with Gasteiger partial charge >= 0.3 is 0 Å². The Hall–Kier alpha value is -1.27. The van der Waals surface area contributed by atoms with Gasteiger partial charge in [-0.3, -0.25) is 4.79 Å². The van der Waals surface area contributed by atoms with Gasteiger partial charge in [-0.15, -0.1) is 0 Å². The zero-order valence-electron chi connectivity index (χ0n) is 9.86. The van der Waals surface area contributed by atoms with Crippen LogP contribution in [0.5, 0.6) is 0 Å². The summed E-state index contributed by atoms with van der Waals surface area (Å²) in [6.07, 6.45) is 0. The van der Waals surface area contributed by atoms with Crippen molar-refractivity contribution in [3.05, 3.63) is 57.8 Å². The molecule has 0 saturated carbocycles. The number of halogens is 3. The van der Waals surface area contributed by atoms with Crippen LogP contribution in [0.15, 0.2) is 41.3 Å². The minimum Gasteiger partial charge on any atom is -0.325 e. The Morgan fingerprint density at radius 2 is 1.90 bits per heavy atom. The summed E-state index contributed by atoms with van der Waals surface area (Å²) in [7, 11) is 0. The van der Waals surface area contributed by atoms with Crippen molar-refractivity contribution in [1.82, 2.24) is 0 Å². The van der Waals surface area contributed by atoms with Gasteiger partial charge in [0.15, 0.2) is 0 Å². The maximum atomic E-state index is 13.0. The lowest BCUT2D eigenvalue weighted by Gasteiger charge is -2.07. The number of nitrogens with one attached hydrogen (secondary N) is 1. The van der Waals surface area contributed by atoms with Crippen LogP contribution in [-0.2, 0) is 0 Å². The smallest absolute Gasteiger partial charge is 0.255 e. The lowest BCUT2D eigenvalue weighted by molar-refractivity contribution is 0.102. The van der Waals surface area contributed by atoms with Crippen molar-refractivity contribution < 1.29 is 13.7 Å². The minimum atomic E-state index is -0.560. The highest BCUT2D eigenvalue weighted by molar-refractivity contribution is 7.93. The summed E-state index contributed by atoms with van der Waals surface area (Å²) in [6.45, 7) is 0. The van der Waals surface area contributed by atoms with Crippen LogP contribution >= 0.6 is 35.2 Å². The molecule has 3 nitrogen and oxygen atoms in total. The fourth-order valence-electron chi connectivity index (χ4n) is 1.49. The Balaban J connectivity index is 2.21. The van der Waals surface area contributed by atoms with Gasteiger partial charge in [0, 0.05) is 23.3 Å². The SMILES string of the molecule is O=C(Nc1ccc(F)c(Cl)c1)c1ccc(Cl)c(SO)c1. The third kappa shape index (κ3) is 3.43. The fourth-order valence-corrected chi connectivity index (χ4v) is 2.23. The van der Waals surface area contributed by atoms with Crippen molar-refractivity contribution in [2.45, 2.75) is 4.90 Å². The molecule has 2 aromatic carbocycles. The zero-order valence-corrected chi connectivity index (χ0v) is 12.2. The predicted molar refractivity (Wildman–Crippen MR) is 79.3 cm³/mol. The first-order valence-electron chi connectivity index (χ1n) is 5.38. The third-order valence-electron chi connectivity index (χ3n) is 2.47. The van der Waals surface area contributed by atoms with E-state index < -0.39 is 11.7 Å². The Morgan fingerprint density at radius 1 is 1.15 bits per heavy atom. The standard InChI is InChI=1S/C13H8Cl2FNO2S/c14-9-3-1-7(5-12(9)20-19)13(18)17-8-2-4-11(16)10(15)6-8/h1-6,19H,(H,17,18). The molecular weight excluding hydrogens is 324 g/mol. The Bertz CT molecular complexity index is 667. The van der Waals surface area contributed by atoms with E-state index in [-0.39, 0.29) is 5.02 Å². The molecule has 0 unspecified atom stereocenters. The third-order valence-corrected chi connectivity index (χ3v) is 3.73. The molecule has 0 aromatic heterocycles. The van der Waals surface area contributed by atoms with E-state index in [0.29, 0.717) is 33.2 Å². The molecular formula is C13H8Cl2FNO2S. The van der Waals surface area contributed by atoms with Gasteiger partial charge in [0.2, 0.25) is 0 Å². The van der Waals surface area contributed by atoms with Crippen LogP contribution in [0.1, 0.15) is 10.4 Å². The van der Waals surface area contributed by atoms with Crippen molar-refractivity contribution in [2.24, 2.45) is 0 Å². The van der Waals surface area contributed by atoms with E-state index in [9.17, 15) is 9.18 Å². The van der Waals surface area contributed by atoms with Gasteiger partial charge in [0.1, 0.15) is 5.82 Å². The van der Waals surface area contributed by atoms with E-state index in [1.54, 1.807) is 0 Å². The number of anilines is 1. The van der Waals surface area contributed by atoms with Crippen molar-refractivity contribution in [1.29, 1.82) is 0 Å². The number of hydrogen-bond donors (Lipinski definition) is 2. The first-order chi connectivity index (χ1) is 9.51. The van der Waals surface area contributed by atoms with Gasteiger partial charge < -0.3 is 9.87 Å². The lowest BCUT2D eigenvalue weighted by atomic mass is 10.2. The van der Waals surface area contributed by atoms with Crippen molar-refractivity contribution in [3.8, 4) is 0 Å². The van der Waals surface area contributed by atoms with E-state index in [2.05, 4.69) is 5.32 Å². The molecule has 2 N–H and O–H groups in total. The van der Waals surface area contributed by atoms with Crippen LogP contribution in [0.25, 0.3) is 0 Å². The summed E-state index contributed by atoms with van der Waals surface area (Å²) in [6, 6.07) is 8.35. The van der Waals surface area contributed by atoms with E-state index in [0.717, 1.165) is 6.07 Å². The summed E-state index contributed by atoms with van der Waals surface area (Å²) in [5.41, 5.74) is 0.681. The summed E-state index contributed by atoms with van der Waals surface area (Å²) >= 11 is 11.9. The highest BCUT2D eigenvalue weighted by Crippen LogP contribution is 2.26. The number of carbonyl (C=O) groups excluding carboxylic acids is 1. The van der Waals surface area contributed by atoms with Crippen molar-refractivity contribution in [3.63, 3.8) is 0 Å². The van der Waals surface area contributed by atoms with Gasteiger partial charge in [-0.1, -0.05) is 23.2 Å². The quantitative estimate of drug-likeness (QED) is 0.782. The molecule has 0 spiro atoms. The summed E-state index contributed by atoms with van der Waals surface area (Å²) in [5, 5.41) is 2.84. The average molecular weight is 332 g/mol. The van der Waals surface area contributed by atoms with Crippen LogP contribution in [0.3, 0.4) is 0 Å². The van der Waals surface area contributed by atoms with Crippen molar-refractivity contribution in [2.75, 3.05) is 5.32 Å². The fraction of sp³-hybridized carbons (Fsp3) is 0. The van der Waals surface area contributed by atoms with Gasteiger partial charge in [0.25, 0.3) is 5.91 Å². The van der Waals surface area contributed by atoms with Crippen LogP contribution in [0.2, 0.25) is 10.0 Å². The monoisotopic (exact) mass is 331 g/mol. The topological polar surface area (TPSA) is 49.3 Å². The molecule has 7 heteroatoms. The second-order valence-corrected chi connectivity index (χ2v) is 5.26. The average Bonchev–Trinajstić information content (AvgIpc) is 2.43. The lowest BCUT2D eigenvalue weighted by Crippen LogP contribution is -2.12. The highest BCUT2D eigenvalue weighted by Gasteiger charge is 2.10. The van der Waals surface area contributed by atoms with Crippen LogP contribution < -0.4 is 5.32 Å². The molecule has 0 saturated heterocycles. The normalized spacial score (nSPS) is 10.4. The molecule has 0 fully saturated rings. The molecule has 0 radical (unpaired) electrons. The number of amides is 1. The number of hydrogen-bond acceptors (Lipinski definition) is 3. The number of rotatable bonds is 3. The number of carbonyl (C=O) groups is 1. The molecule has 0 atom stereocenters. The maximum absolute atomic E-state index is 13.0. The molecule has 104 valence electrons. The minimum absolute atomic E-state index is 0.0782. The Morgan fingerprint density at radius 3 is 2.55 bits per heavy atom. The van der Waals surface area contributed by atoms with Gasteiger partial charge in [-0.05, 0) is 36.4 Å². The summed E-state index contributed by atoms with van der Waals surface area (Å²) in [4.78, 5) is 12.4. The predicted octanol–water partition coefficient (Wildman–Crippen LogP) is 4.95. The molecule has 0 aliphatic heterocycles. The molecule has 0 aliphatic carbocycles. The van der Waals surface area contributed by atoms with E-state index in [1.165, 1.54) is 30.3 Å². The molecule has 1 amide bonds. The maximum Gasteiger partial charge on any atom is 0.255 e. The largest absolute Gasteiger partial charge is 0.325 e. The first kappa shape index (κ1) is 15.1. The second-order valence-electron chi connectivity index (χ2n) is 3.82. The van der Waals surface area contributed by atoms with Crippen LogP contribution in [0.4, 0.5) is 10.1 Å². The van der Waals surface area contributed by atoms with Gasteiger partial charge in [-0.2, -0.15) is 0 Å². The summed E-state index contributed by atoms with van der Waals surface area (Å²) < 4.78 is 22.0. The summed E-state index contributed by atoms with van der Waals surface area (Å²) in [5.74, 6) is -0.977. The van der Waals surface area contributed by atoms with Crippen molar-refractivity contribution >= 4 is 46.8 Å². The molecule has 0 bridgehead atoms. The van der Waals surface area contributed by atoms with Crippen LogP contribution in [-0.4, -0.2) is 10.5 Å². The van der Waals surface area contributed by atoms with E-state index >= 15 is 0 Å². The second kappa shape index (κ2) is 6.45. The Labute approximate surface area is 128 Å². The molecule has 20 heavy (non-hydrogen) atoms. The zero-order chi connectivity index (χ0) is 14.7. The van der Waals surface area contributed by atoms with E-state index in [4.69, 9.17) is 27.8 Å². The molecule has 0 heterocycles. The van der Waals surface area contributed by atoms with Gasteiger partial charge in [-0.25, -0.2) is 4.39 Å². The Kier molecular flexibility index (Phi) is 4.88. The molecule has 2 rings (SSSR count). The molecule has 2 aromatic rings. The van der Waals surface area contributed by atoms with Gasteiger partial charge in [0.05, 0.1) is 14.9 Å². The highest BCUT2D eigenvalue weighted by atomic mass is 35.5. The number of benzene rings is 2. The molecule has 0 aliphatic rings.